The Morgan fingerprint density at radius 2 is 2.12 bits per heavy atom. The van der Waals surface area contributed by atoms with Crippen LogP contribution in [0.3, 0.4) is 0 Å². The molecule has 0 amide bonds. The molecule has 3 aliphatic rings. The molecule has 2 nitrogen and oxygen atoms in total. The van der Waals surface area contributed by atoms with Crippen molar-refractivity contribution < 1.29 is 0 Å². The zero-order valence-electron chi connectivity index (χ0n) is 10.0. The predicted octanol–water partition coefficient (Wildman–Crippen LogP) is 3.04. The van der Waals surface area contributed by atoms with Gasteiger partial charge in [0.2, 0.25) is 0 Å². The van der Waals surface area contributed by atoms with Gasteiger partial charge in [-0.2, -0.15) is 0 Å². The average Bonchev–Trinajstić information content (AvgIpc) is 3.02. The third kappa shape index (κ3) is 2.55. The standard InChI is InChI=1S/C13H22N2S/c1-2-7-13(6-1)9-15-12(16-10-13)14-8-5-11-3-4-11/h11H,1-10H2,(H,14,15). The van der Waals surface area contributed by atoms with E-state index in [9.17, 15) is 0 Å². The Labute approximate surface area is 103 Å². The van der Waals surface area contributed by atoms with E-state index in [1.807, 2.05) is 11.8 Å². The lowest BCUT2D eigenvalue weighted by Gasteiger charge is -2.31. The van der Waals surface area contributed by atoms with Gasteiger partial charge in [0.25, 0.3) is 0 Å². The molecule has 3 rings (SSSR count). The second kappa shape index (κ2) is 4.59. The van der Waals surface area contributed by atoms with Crippen LogP contribution in [-0.2, 0) is 0 Å². The van der Waals surface area contributed by atoms with Crippen LogP contribution in [0.1, 0.15) is 44.9 Å². The van der Waals surface area contributed by atoms with Crippen LogP contribution in [0.4, 0.5) is 0 Å². The van der Waals surface area contributed by atoms with Crippen LogP contribution >= 0.6 is 11.8 Å². The van der Waals surface area contributed by atoms with E-state index in [2.05, 4.69) is 5.32 Å². The minimum absolute atomic E-state index is 0.590. The molecule has 1 heterocycles. The largest absolute Gasteiger partial charge is 0.365 e. The molecule has 90 valence electrons. The molecule has 0 saturated heterocycles. The summed E-state index contributed by atoms with van der Waals surface area (Å²) in [7, 11) is 0. The van der Waals surface area contributed by atoms with Gasteiger partial charge in [-0.15, -0.1) is 0 Å². The number of rotatable bonds is 3. The summed E-state index contributed by atoms with van der Waals surface area (Å²) in [5.74, 6) is 2.34. The molecule has 0 unspecified atom stereocenters. The summed E-state index contributed by atoms with van der Waals surface area (Å²) < 4.78 is 0. The lowest BCUT2D eigenvalue weighted by molar-refractivity contribution is 0.358. The average molecular weight is 238 g/mol. The number of nitrogens with one attached hydrogen (secondary N) is 1. The number of amidine groups is 1. The van der Waals surface area contributed by atoms with E-state index in [4.69, 9.17) is 4.99 Å². The quantitative estimate of drug-likeness (QED) is 0.817. The first kappa shape index (κ1) is 10.9. The maximum absolute atomic E-state index is 4.75. The van der Waals surface area contributed by atoms with E-state index in [1.54, 1.807) is 0 Å². The molecule has 16 heavy (non-hydrogen) atoms. The maximum Gasteiger partial charge on any atom is 0.156 e. The van der Waals surface area contributed by atoms with E-state index >= 15 is 0 Å². The molecule has 2 fully saturated rings. The first-order chi connectivity index (χ1) is 7.86. The molecule has 1 spiro atoms. The smallest absolute Gasteiger partial charge is 0.156 e. The molecule has 3 heteroatoms. The van der Waals surface area contributed by atoms with Crippen molar-refractivity contribution in [3.05, 3.63) is 0 Å². The second-order valence-corrected chi connectivity index (χ2v) is 6.74. The Morgan fingerprint density at radius 3 is 2.75 bits per heavy atom. The van der Waals surface area contributed by atoms with Gasteiger partial charge in [-0.3, -0.25) is 4.99 Å². The predicted molar refractivity (Wildman–Crippen MR) is 71.0 cm³/mol. The Bertz CT molecular complexity index is 278. The van der Waals surface area contributed by atoms with Crippen molar-refractivity contribution in [3.63, 3.8) is 0 Å². The van der Waals surface area contributed by atoms with Crippen LogP contribution in [0.2, 0.25) is 0 Å². The summed E-state index contributed by atoms with van der Waals surface area (Å²) in [5, 5.41) is 4.73. The molecule has 2 aliphatic carbocycles. The summed E-state index contributed by atoms with van der Waals surface area (Å²) in [6, 6.07) is 0. The van der Waals surface area contributed by atoms with E-state index in [1.165, 1.54) is 55.9 Å². The fourth-order valence-corrected chi connectivity index (χ4v) is 4.06. The Hall–Kier alpha value is -0.180. The number of hydrogen-bond donors (Lipinski definition) is 1. The summed E-state index contributed by atoms with van der Waals surface area (Å²) in [4.78, 5) is 4.75. The molecular weight excluding hydrogens is 216 g/mol. The monoisotopic (exact) mass is 238 g/mol. The van der Waals surface area contributed by atoms with Gasteiger partial charge in [-0.1, -0.05) is 37.4 Å². The molecule has 0 aromatic rings. The molecular formula is C13H22N2S. The molecule has 0 aromatic heterocycles. The van der Waals surface area contributed by atoms with Gasteiger partial charge < -0.3 is 5.32 Å². The molecule has 1 N–H and O–H groups in total. The summed E-state index contributed by atoms with van der Waals surface area (Å²) >= 11 is 1.97. The molecule has 0 bridgehead atoms. The molecule has 2 saturated carbocycles. The first-order valence-corrected chi connectivity index (χ1v) is 7.76. The highest BCUT2D eigenvalue weighted by Crippen LogP contribution is 2.43. The molecule has 1 aliphatic heterocycles. The van der Waals surface area contributed by atoms with Crippen molar-refractivity contribution in [1.82, 2.24) is 5.32 Å². The fraction of sp³-hybridized carbons (Fsp3) is 0.923. The highest BCUT2D eigenvalue weighted by molar-refractivity contribution is 8.13. The fourth-order valence-electron chi connectivity index (χ4n) is 2.88. The number of thioether (sulfide) groups is 1. The number of nitrogens with zero attached hydrogens (tertiary/aromatic N) is 1. The summed E-state index contributed by atoms with van der Waals surface area (Å²) in [6.45, 7) is 2.23. The molecule has 0 aromatic carbocycles. The van der Waals surface area contributed by atoms with Crippen molar-refractivity contribution in [1.29, 1.82) is 0 Å². The van der Waals surface area contributed by atoms with Crippen LogP contribution in [0, 0.1) is 11.3 Å². The minimum Gasteiger partial charge on any atom is -0.365 e. The zero-order chi connectivity index (χ0) is 10.8. The van der Waals surface area contributed by atoms with Gasteiger partial charge in [0.1, 0.15) is 0 Å². The maximum atomic E-state index is 4.75. The third-order valence-electron chi connectivity index (χ3n) is 4.26. The van der Waals surface area contributed by atoms with Crippen molar-refractivity contribution in [3.8, 4) is 0 Å². The Morgan fingerprint density at radius 1 is 1.31 bits per heavy atom. The van der Waals surface area contributed by atoms with Crippen molar-refractivity contribution in [2.24, 2.45) is 16.3 Å². The van der Waals surface area contributed by atoms with Gasteiger partial charge in [-0.25, -0.2) is 0 Å². The van der Waals surface area contributed by atoms with E-state index < -0.39 is 0 Å². The normalized spacial score (nSPS) is 28.1. The topological polar surface area (TPSA) is 24.4 Å². The summed E-state index contributed by atoms with van der Waals surface area (Å²) in [5.41, 5.74) is 0.590. The third-order valence-corrected chi connectivity index (χ3v) is 5.57. The van der Waals surface area contributed by atoms with E-state index in [0.717, 1.165) is 19.0 Å². The van der Waals surface area contributed by atoms with Gasteiger partial charge in [0.05, 0.1) is 0 Å². The number of hydrogen-bond acceptors (Lipinski definition) is 3. The second-order valence-electron chi connectivity index (χ2n) is 5.78. The van der Waals surface area contributed by atoms with Gasteiger partial charge in [-0.05, 0) is 30.6 Å². The molecule has 0 atom stereocenters. The number of aliphatic imine (C=N–C) groups is 1. The lowest BCUT2D eigenvalue weighted by Crippen LogP contribution is -2.33. The highest BCUT2D eigenvalue weighted by atomic mass is 32.2. The molecule has 0 radical (unpaired) electrons. The van der Waals surface area contributed by atoms with Gasteiger partial charge in [0, 0.05) is 18.8 Å². The van der Waals surface area contributed by atoms with Crippen LogP contribution < -0.4 is 5.32 Å². The van der Waals surface area contributed by atoms with Gasteiger partial charge >= 0.3 is 0 Å². The van der Waals surface area contributed by atoms with Crippen molar-refractivity contribution in [2.45, 2.75) is 44.9 Å². The van der Waals surface area contributed by atoms with Crippen LogP contribution in [0.25, 0.3) is 0 Å². The Balaban J connectivity index is 1.44. The van der Waals surface area contributed by atoms with Crippen molar-refractivity contribution in [2.75, 3.05) is 18.8 Å². The minimum atomic E-state index is 0.590. The van der Waals surface area contributed by atoms with Crippen LogP contribution in [0.5, 0.6) is 0 Å². The first-order valence-electron chi connectivity index (χ1n) is 6.78. The van der Waals surface area contributed by atoms with Crippen molar-refractivity contribution >= 4 is 16.9 Å². The summed E-state index contributed by atoms with van der Waals surface area (Å²) in [6.07, 6.45) is 9.97. The Kier molecular flexibility index (Phi) is 3.14. The van der Waals surface area contributed by atoms with E-state index in [-0.39, 0.29) is 0 Å². The van der Waals surface area contributed by atoms with E-state index in [0.29, 0.717) is 5.41 Å². The van der Waals surface area contributed by atoms with Gasteiger partial charge in [0.15, 0.2) is 5.17 Å². The van der Waals surface area contributed by atoms with Crippen LogP contribution in [-0.4, -0.2) is 24.0 Å². The highest BCUT2D eigenvalue weighted by Gasteiger charge is 2.36. The lowest BCUT2D eigenvalue weighted by atomic mass is 9.89. The zero-order valence-corrected chi connectivity index (χ0v) is 10.8. The van der Waals surface area contributed by atoms with Crippen LogP contribution in [0.15, 0.2) is 4.99 Å². The SMILES string of the molecule is C1CCC2(C1)CN=C(NCCC1CC1)SC2.